The molecule has 1 N–H and O–H groups in total. The second-order valence-corrected chi connectivity index (χ2v) is 7.03. The first-order chi connectivity index (χ1) is 12.7. The lowest BCUT2D eigenvalue weighted by Gasteiger charge is -2.07. The maximum absolute atomic E-state index is 12.7. The number of furan rings is 1. The zero-order valence-electron chi connectivity index (χ0n) is 14.0. The fourth-order valence-corrected chi connectivity index (χ4v) is 3.46. The number of para-hydroxylation sites is 1. The lowest BCUT2D eigenvalue weighted by Crippen LogP contribution is -2.18. The zero-order valence-corrected chi connectivity index (χ0v) is 14.8. The van der Waals surface area contributed by atoms with Gasteiger partial charge in [-0.2, -0.15) is 5.10 Å². The standard InChI is InChI=1S/C20H15N3O2S/c1-13-6-7-19(26-13)18-10-16(15-4-2-3-5-17(15)22-18)20(24)23-21-11-14-8-9-25-12-14/h2-12H,1H3,(H,23,24)/b21-11-. The molecule has 5 nitrogen and oxygen atoms in total. The molecule has 0 aliphatic carbocycles. The maximum Gasteiger partial charge on any atom is 0.272 e. The minimum Gasteiger partial charge on any atom is -0.472 e. The summed E-state index contributed by atoms with van der Waals surface area (Å²) in [4.78, 5) is 19.6. The molecule has 4 aromatic rings. The van der Waals surface area contributed by atoms with Crippen LogP contribution in [0.5, 0.6) is 0 Å². The van der Waals surface area contributed by atoms with Gasteiger partial charge in [-0.3, -0.25) is 4.79 Å². The molecule has 1 aromatic carbocycles. The van der Waals surface area contributed by atoms with E-state index in [-0.39, 0.29) is 5.91 Å². The number of fused-ring (bicyclic) bond motifs is 1. The van der Waals surface area contributed by atoms with E-state index >= 15 is 0 Å². The Labute approximate surface area is 154 Å². The number of aryl methyl sites for hydroxylation is 1. The summed E-state index contributed by atoms with van der Waals surface area (Å²) in [5.74, 6) is -0.280. The van der Waals surface area contributed by atoms with Crippen molar-refractivity contribution in [3.63, 3.8) is 0 Å². The number of nitrogens with zero attached hydrogens (tertiary/aromatic N) is 2. The van der Waals surface area contributed by atoms with E-state index in [2.05, 4.69) is 10.5 Å². The Kier molecular flexibility index (Phi) is 4.33. The third-order valence-electron chi connectivity index (χ3n) is 3.88. The monoisotopic (exact) mass is 361 g/mol. The molecule has 0 atom stereocenters. The van der Waals surface area contributed by atoms with E-state index in [1.165, 1.54) is 11.1 Å². The van der Waals surface area contributed by atoms with Crippen molar-refractivity contribution in [2.45, 2.75) is 6.92 Å². The van der Waals surface area contributed by atoms with Crippen LogP contribution < -0.4 is 5.43 Å². The van der Waals surface area contributed by atoms with Crippen LogP contribution in [0.25, 0.3) is 21.5 Å². The van der Waals surface area contributed by atoms with Crippen molar-refractivity contribution in [2.24, 2.45) is 5.10 Å². The zero-order chi connectivity index (χ0) is 17.9. The Hall–Kier alpha value is -3.25. The van der Waals surface area contributed by atoms with E-state index < -0.39 is 0 Å². The number of pyridine rings is 1. The molecule has 3 aromatic heterocycles. The van der Waals surface area contributed by atoms with Gasteiger partial charge in [0.25, 0.3) is 5.91 Å². The highest BCUT2D eigenvalue weighted by Crippen LogP contribution is 2.29. The lowest BCUT2D eigenvalue weighted by molar-refractivity contribution is 0.0956. The second kappa shape index (κ2) is 6.93. The van der Waals surface area contributed by atoms with Crippen LogP contribution in [-0.4, -0.2) is 17.1 Å². The number of thiophene rings is 1. The van der Waals surface area contributed by atoms with Crippen molar-refractivity contribution >= 4 is 34.4 Å². The Balaban J connectivity index is 1.71. The minimum atomic E-state index is -0.280. The van der Waals surface area contributed by atoms with Crippen LogP contribution in [0.4, 0.5) is 0 Å². The van der Waals surface area contributed by atoms with Crippen molar-refractivity contribution < 1.29 is 9.21 Å². The van der Waals surface area contributed by atoms with Gasteiger partial charge in [0.1, 0.15) is 0 Å². The summed E-state index contributed by atoms with van der Waals surface area (Å²) in [7, 11) is 0. The van der Waals surface area contributed by atoms with Gasteiger partial charge in [-0.25, -0.2) is 10.4 Å². The second-order valence-electron chi connectivity index (χ2n) is 5.74. The smallest absolute Gasteiger partial charge is 0.272 e. The summed E-state index contributed by atoms with van der Waals surface area (Å²) in [5.41, 5.74) is 5.46. The molecule has 0 saturated heterocycles. The van der Waals surface area contributed by atoms with Crippen LogP contribution in [0.3, 0.4) is 0 Å². The highest BCUT2D eigenvalue weighted by molar-refractivity contribution is 7.15. The van der Waals surface area contributed by atoms with Crippen LogP contribution >= 0.6 is 11.3 Å². The molecule has 0 aliphatic heterocycles. The topological polar surface area (TPSA) is 67.5 Å². The molecule has 6 heteroatoms. The molecule has 0 spiro atoms. The quantitative estimate of drug-likeness (QED) is 0.426. The number of hydrogen-bond acceptors (Lipinski definition) is 5. The SMILES string of the molecule is Cc1ccc(-c2cc(C(=O)N/N=C\c3ccoc3)c3ccccc3n2)s1. The van der Waals surface area contributed by atoms with Gasteiger partial charge < -0.3 is 4.42 Å². The summed E-state index contributed by atoms with van der Waals surface area (Å²) in [5, 5.41) is 4.79. The highest BCUT2D eigenvalue weighted by Gasteiger charge is 2.14. The molecule has 0 unspecified atom stereocenters. The number of carbonyl (C=O) groups excluding carboxylic acids is 1. The third kappa shape index (κ3) is 3.27. The predicted molar refractivity (Wildman–Crippen MR) is 104 cm³/mol. The molecular formula is C20H15N3O2S. The molecule has 26 heavy (non-hydrogen) atoms. The molecule has 4 rings (SSSR count). The normalized spacial score (nSPS) is 11.3. The summed E-state index contributed by atoms with van der Waals surface area (Å²) in [6.07, 6.45) is 4.64. The summed E-state index contributed by atoms with van der Waals surface area (Å²) in [6, 6.07) is 15.3. The number of benzene rings is 1. The molecule has 128 valence electrons. The Morgan fingerprint density at radius 2 is 2.12 bits per heavy atom. The Morgan fingerprint density at radius 3 is 2.88 bits per heavy atom. The Morgan fingerprint density at radius 1 is 1.23 bits per heavy atom. The van der Waals surface area contributed by atoms with Crippen molar-refractivity contribution in [3.05, 3.63) is 77.1 Å². The number of hydrogen-bond donors (Lipinski definition) is 1. The van der Waals surface area contributed by atoms with Crippen LogP contribution in [0.2, 0.25) is 0 Å². The van der Waals surface area contributed by atoms with Crippen LogP contribution in [0.15, 0.2) is 70.6 Å². The summed E-state index contributed by atoms with van der Waals surface area (Å²) in [6.45, 7) is 2.05. The molecule has 0 aliphatic rings. The highest BCUT2D eigenvalue weighted by atomic mass is 32.1. The molecule has 0 fully saturated rings. The molecule has 1 amide bonds. The van der Waals surface area contributed by atoms with Gasteiger partial charge in [0.05, 0.1) is 40.4 Å². The van der Waals surface area contributed by atoms with Gasteiger partial charge >= 0.3 is 0 Å². The average Bonchev–Trinajstić information content (AvgIpc) is 3.32. The van der Waals surface area contributed by atoms with Crippen LogP contribution in [0, 0.1) is 6.92 Å². The van der Waals surface area contributed by atoms with E-state index in [1.807, 2.05) is 49.4 Å². The molecule has 0 saturated carbocycles. The number of amides is 1. The number of rotatable bonds is 4. The van der Waals surface area contributed by atoms with Crippen molar-refractivity contribution in [3.8, 4) is 10.6 Å². The van der Waals surface area contributed by atoms with Gasteiger partial charge in [-0.1, -0.05) is 18.2 Å². The fourth-order valence-electron chi connectivity index (χ4n) is 2.64. The lowest BCUT2D eigenvalue weighted by atomic mass is 10.1. The van der Waals surface area contributed by atoms with Gasteiger partial charge in [0, 0.05) is 15.8 Å². The number of hydrazone groups is 1. The van der Waals surface area contributed by atoms with Gasteiger partial charge in [0.2, 0.25) is 0 Å². The molecule has 3 heterocycles. The first-order valence-corrected chi connectivity index (χ1v) is 8.84. The first-order valence-electron chi connectivity index (χ1n) is 8.03. The predicted octanol–water partition coefficient (Wildman–Crippen LogP) is 4.63. The third-order valence-corrected chi connectivity index (χ3v) is 4.90. The van der Waals surface area contributed by atoms with E-state index in [0.717, 1.165) is 27.0 Å². The van der Waals surface area contributed by atoms with Gasteiger partial charge in [0.15, 0.2) is 0 Å². The number of carbonyl (C=O) groups is 1. The summed E-state index contributed by atoms with van der Waals surface area (Å²) >= 11 is 1.65. The van der Waals surface area contributed by atoms with Crippen molar-refractivity contribution in [1.82, 2.24) is 10.4 Å². The average molecular weight is 361 g/mol. The van der Waals surface area contributed by atoms with E-state index in [1.54, 1.807) is 29.9 Å². The first kappa shape index (κ1) is 16.2. The van der Waals surface area contributed by atoms with Crippen LogP contribution in [-0.2, 0) is 0 Å². The molecule has 0 radical (unpaired) electrons. The van der Waals surface area contributed by atoms with Gasteiger partial charge in [-0.05, 0) is 37.3 Å². The maximum atomic E-state index is 12.7. The van der Waals surface area contributed by atoms with Gasteiger partial charge in [-0.15, -0.1) is 11.3 Å². The van der Waals surface area contributed by atoms with Crippen molar-refractivity contribution in [2.75, 3.05) is 0 Å². The number of nitrogens with one attached hydrogen (secondary N) is 1. The fraction of sp³-hybridized carbons (Fsp3) is 0.0500. The van der Waals surface area contributed by atoms with Crippen LogP contribution in [0.1, 0.15) is 20.8 Å². The van der Waals surface area contributed by atoms with Crippen molar-refractivity contribution in [1.29, 1.82) is 0 Å². The van der Waals surface area contributed by atoms with E-state index in [4.69, 9.17) is 9.40 Å². The molecular weight excluding hydrogens is 346 g/mol. The van der Waals surface area contributed by atoms with E-state index in [9.17, 15) is 4.79 Å². The number of aromatic nitrogens is 1. The van der Waals surface area contributed by atoms with E-state index in [0.29, 0.717) is 5.56 Å². The molecule has 0 bridgehead atoms. The largest absolute Gasteiger partial charge is 0.472 e. The summed E-state index contributed by atoms with van der Waals surface area (Å²) < 4.78 is 4.97. The minimum absolute atomic E-state index is 0.280. The Bertz CT molecular complexity index is 1100.